The Kier molecular flexibility index (Phi) is 10.1. The van der Waals surface area contributed by atoms with E-state index < -0.39 is 0 Å². The Hall–Kier alpha value is -2.36. The molecule has 0 aliphatic heterocycles. The van der Waals surface area contributed by atoms with E-state index in [4.69, 9.17) is 0 Å². The second-order valence-electron chi connectivity index (χ2n) is 3.97. The topological polar surface area (TPSA) is 50.9 Å². The van der Waals surface area contributed by atoms with Gasteiger partial charge in [0.2, 0.25) is 0 Å². The molecule has 1 aromatic heterocycles. The molecule has 0 aliphatic rings. The van der Waals surface area contributed by atoms with Crippen molar-refractivity contribution in [1.82, 2.24) is 15.0 Å². The first-order valence-corrected chi connectivity index (χ1v) is 8.36. The fourth-order valence-electron chi connectivity index (χ4n) is 1.77. The zero-order valence-electron chi connectivity index (χ0n) is 15.3. The molecule has 0 unspecified atom stereocenters. The fourth-order valence-corrected chi connectivity index (χ4v) is 1.77. The Labute approximate surface area is 139 Å². The van der Waals surface area contributed by atoms with Crippen LogP contribution in [0.2, 0.25) is 0 Å². The van der Waals surface area contributed by atoms with Gasteiger partial charge in [-0.05, 0) is 36.8 Å². The van der Waals surface area contributed by atoms with Crippen molar-refractivity contribution in [3.05, 3.63) is 48.0 Å². The molecule has 0 spiro atoms. The second-order valence-corrected chi connectivity index (χ2v) is 3.97. The van der Waals surface area contributed by atoms with Crippen molar-refractivity contribution in [2.45, 2.75) is 48.5 Å². The SMILES string of the molecule is CC.CC.CC.Cc1ccc2nn(-c3ccccc3O)nc2c1. The van der Waals surface area contributed by atoms with Crippen molar-refractivity contribution in [3.63, 3.8) is 0 Å². The number of rotatable bonds is 1. The van der Waals surface area contributed by atoms with Crippen LogP contribution in [0.4, 0.5) is 0 Å². The third-order valence-corrected chi connectivity index (χ3v) is 2.63. The lowest BCUT2D eigenvalue weighted by atomic mass is 10.2. The number of phenolic OH excluding ortho intramolecular Hbond substituents is 1. The van der Waals surface area contributed by atoms with Gasteiger partial charge < -0.3 is 5.11 Å². The van der Waals surface area contributed by atoms with Crippen LogP contribution in [0, 0.1) is 6.92 Å². The van der Waals surface area contributed by atoms with Crippen molar-refractivity contribution < 1.29 is 5.11 Å². The Morgan fingerprint density at radius 2 is 1.35 bits per heavy atom. The predicted molar refractivity (Wildman–Crippen MR) is 99.3 cm³/mol. The molecule has 23 heavy (non-hydrogen) atoms. The highest BCUT2D eigenvalue weighted by molar-refractivity contribution is 5.74. The zero-order valence-corrected chi connectivity index (χ0v) is 15.3. The molecule has 1 N–H and O–H groups in total. The molecule has 3 rings (SSSR count). The van der Waals surface area contributed by atoms with Gasteiger partial charge in [0.1, 0.15) is 22.5 Å². The molecule has 0 radical (unpaired) electrons. The van der Waals surface area contributed by atoms with E-state index in [-0.39, 0.29) is 5.75 Å². The molecule has 0 aliphatic carbocycles. The number of nitrogens with zero attached hydrogens (tertiary/aromatic N) is 3. The number of benzene rings is 2. The lowest BCUT2D eigenvalue weighted by molar-refractivity contribution is 0.468. The van der Waals surface area contributed by atoms with Crippen molar-refractivity contribution in [2.24, 2.45) is 0 Å². The number of hydrogen-bond donors (Lipinski definition) is 1. The van der Waals surface area contributed by atoms with E-state index in [1.165, 1.54) is 4.80 Å². The molecule has 4 heteroatoms. The van der Waals surface area contributed by atoms with Crippen LogP contribution < -0.4 is 0 Å². The molecular formula is C19H29N3O. The van der Waals surface area contributed by atoms with E-state index in [9.17, 15) is 5.11 Å². The average Bonchev–Trinajstić information content (AvgIpc) is 3.03. The largest absolute Gasteiger partial charge is 0.506 e. The highest BCUT2D eigenvalue weighted by Crippen LogP contribution is 2.20. The third kappa shape index (κ3) is 5.40. The molecule has 1 heterocycles. The van der Waals surface area contributed by atoms with Crippen LogP contribution in [0.1, 0.15) is 47.1 Å². The van der Waals surface area contributed by atoms with Gasteiger partial charge in [0.05, 0.1) is 0 Å². The Bertz CT molecular complexity index is 690. The standard InChI is InChI=1S/C13H11N3O.3C2H6/c1-9-6-7-10-11(8-9)15-16(14-10)12-4-2-3-5-13(12)17;3*1-2/h2-8,17H,1H3;3*1-2H3. The lowest BCUT2D eigenvalue weighted by Crippen LogP contribution is -1.98. The summed E-state index contributed by atoms with van der Waals surface area (Å²) in [6.45, 7) is 14.0. The molecule has 0 bridgehead atoms. The molecular weight excluding hydrogens is 286 g/mol. The summed E-state index contributed by atoms with van der Waals surface area (Å²) in [4.78, 5) is 1.46. The summed E-state index contributed by atoms with van der Waals surface area (Å²) >= 11 is 0. The number of phenols is 1. The zero-order chi connectivity index (χ0) is 17.8. The van der Waals surface area contributed by atoms with Crippen LogP contribution in [-0.4, -0.2) is 20.1 Å². The molecule has 2 aromatic carbocycles. The van der Waals surface area contributed by atoms with Gasteiger partial charge in [0, 0.05) is 0 Å². The van der Waals surface area contributed by atoms with Gasteiger partial charge in [0.15, 0.2) is 0 Å². The van der Waals surface area contributed by atoms with E-state index in [0.717, 1.165) is 16.6 Å². The van der Waals surface area contributed by atoms with Crippen LogP contribution >= 0.6 is 0 Å². The van der Waals surface area contributed by atoms with Crippen LogP contribution in [0.15, 0.2) is 42.5 Å². The van der Waals surface area contributed by atoms with Gasteiger partial charge in [-0.3, -0.25) is 0 Å². The molecule has 0 saturated heterocycles. The first kappa shape index (κ1) is 20.6. The summed E-state index contributed by atoms with van der Waals surface area (Å²) in [6, 6.07) is 12.9. The highest BCUT2D eigenvalue weighted by Gasteiger charge is 2.07. The molecule has 126 valence electrons. The van der Waals surface area contributed by atoms with Crippen molar-refractivity contribution >= 4 is 11.0 Å². The van der Waals surface area contributed by atoms with Gasteiger partial charge in [-0.1, -0.05) is 59.7 Å². The van der Waals surface area contributed by atoms with E-state index in [0.29, 0.717) is 5.69 Å². The Morgan fingerprint density at radius 3 is 1.96 bits per heavy atom. The summed E-state index contributed by atoms with van der Waals surface area (Å²) in [5.74, 6) is 0.171. The van der Waals surface area contributed by atoms with Crippen LogP contribution in [0.25, 0.3) is 16.7 Å². The van der Waals surface area contributed by atoms with E-state index in [2.05, 4.69) is 10.2 Å². The van der Waals surface area contributed by atoms with Crippen molar-refractivity contribution in [2.75, 3.05) is 0 Å². The number of aryl methyl sites for hydroxylation is 1. The maximum Gasteiger partial charge on any atom is 0.143 e. The molecule has 4 nitrogen and oxygen atoms in total. The monoisotopic (exact) mass is 315 g/mol. The van der Waals surface area contributed by atoms with E-state index in [1.807, 2.05) is 72.7 Å². The maximum atomic E-state index is 9.74. The van der Waals surface area contributed by atoms with Crippen LogP contribution in [0.5, 0.6) is 5.75 Å². The van der Waals surface area contributed by atoms with Crippen molar-refractivity contribution in [3.8, 4) is 11.4 Å². The molecule has 0 fully saturated rings. The van der Waals surface area contributed by atoms with Gasteiger partial charge in [-0.25, -0.2) is 0 Å². The normalized spacial score (nSPS) is 8.83. The Morgan fingerprint density at radius 1 is 0.783 bits per heavy atom. The first-order valence-electron chi connectivity index (χ1n) is 8.36. The number of aromatic hydroxyl groups is 1. The summed E-state index contributed by atoms with van der Waals surface area (Å²) in [6.07, 6.45) is 0. The van der Waals surface area contributed by atoms with Gasteiger partial charge in [0.25, 0.3) is 0 Å². The molecule has 3 aromatic rings. The molecule has 0 saturated carbocycles. The van der Waals surface area contributed by atoms with E-state index in [1.54, 1.807) is 18.2 Å². The summed E-state index contributed by atoms with van der Waals surface area (Å²) in [5.41, 5.74) is 3.37. The number of aromatic nitrogens is 3. The highest BCUT2D eigenvalue weighted by atomic mass is 16.3. The summed E-state index contributed by atoms with van der Waals surface area (Å²) in [7, 11) is 0. The number of para-hydroxylation sites is 2. The maximum absolute atomic E-state index is 9.74. The summed E-state index contributed by atoms with van der Waals surface area (Å²) < 4.78 is 0. The molecule has 0 atom stereocenters. The van der Waals surface area contributed by atoms with Gasteiger partial charge in [-0.15, -0.1) is 15.0 Å². The fraction of sp³-hybridized carbons (Fsp3) is 0.368. The lowest BCUT2D eigenvalue weighted by Gasteiger charge is -2.00. The minimum atomic E-state index is 0.171. The minimum Gasteiger partial charge on any atom is -0.506 e. The Balaban J connectivity index is 0.000000728. The van der Waals surface area contributed by atoms with Crippen molar-refractivity contribution in [1.29, 1.82) is 0 Å². The molecule has 0 amide bonds. The predicted octanol–water partition coefficient (Wildman–Crippen LogP) is 5.51. The van der Waals surface area contributed by atoms with Gasteiger partial charge in [-0.2, -0.15) is 0 Å². The number of fused-ring (bicyclic) bond motifs is 1. The van der Waals surface area contributed by atoms with Crippen LogP contribution in [-0.2, 0) is 0 Å². The smallest absolute Gasteiger partial charge is 0.143 e. The first-order chi connectivity index (χ1) is 11.2. The second kappa shape index (κ2) is 11.2. The van der Waals surface area contributed by atoms with Gasteiger partial charge >= 0.3 is 0 Å². The summed E-state index contributed by atoms with van der Waals surface area (Å²) in [5, 5.41) is 18.4. The van der Waals surface area contributed by atoms with Crippen LogP contribution in [0.3, 0.4) is 0 Å². The third-order valence-electron chi connectivity index (χ3n) is 2.63. The minimum absolute atomic E-state index is 0.171. The quantitative estimate of drug-likeness (QED) is 0.644. The van der Waals surface area contributed by atoms with E-state index >= 15 is 0 Å². The average molecular weight is 315 g/mol. The number of hydrogen-bond acceptors (Lipinski definition) is 3.